The van der Waals surface area contributed by atoms with Crippen LogP contribution >= 0.6 is 0 Å². The molecule has 0 spiro atoms. The summed E-state index contributed by atoms with van der Waals surface area (Å²) in [6.07, 6.45) is 5.35. The van der Waals surface area contributed by atoms with E-state index in [1.54, 1.807) is 37.6 Å². The van der Waals surface area contributed by atoms with Gasteiger partial charge in [-0.25, -0.2) is 8.42 Å². The molecule has 1 atom stereocenters. The van der Waals surface area contributed by atoms with Gasteiger partial charge in [0.15, 0.2) is 9.84 Å². The van der Waals surface area contributed by atoms with E-state index in [0.29, 0.717) is 16.9 Å². The van der Waals surface area contributed by atoms with Gasteiger partial charge in [-0.3, -0.25) is 0 Å². The summed E-state index contributed by atoms with van der Waals surface area (Å²) >= 11 is 0. The van der Waals surface area contributed by atoms with Crippen molar-refractivity contribution < 1.29 is 35.0 Å². The Hall–Kier alpha value is -3.40. The topological polar surface area (TPSA) is 91.6 Å². The van der Waals surface area contributed by atoms with Gasteiger partial charge >= 0.3 is 0 Å². The minimum absolute atomic E-state index is 0. The molecule has 0 amide bonds. The smallest absolute Gasteiger partial charge is 0.238 e. The van der Waals surface area contributed by atoms with E-state index in [-0.39, 0.29) is 22.7 Å². The summed E-state index contributed by atoms with van der Waals surface area (Å²) in [5.74, 6) is 0.608. The van der Waals surface area contributed by atoms with Gasteiger partial charge in [0, 0.05) is 51.9 Å². The predicted molar refractivity (Wildman–Crippen MR) is 149 cm³/mol. The van der Waals surface area contributed by atoms with Gasteiger partial charge in [0.25, 0.3) is 0 Å². The fourth-order valence-electron chi connectivity index (χ4n) is 4.79. The number of aliphatic hydroxyl groups is 1. The molecule has 1 heterocycles. The van der Waals surface area contributed by atoms with Crippen molar-refractivity contribution in [3.63, 3.8) is 0 Å². The van der Waals surface area contributed by atoms with E-state index in [9.17, 15) is 13.5 Å². The number of hydrogen-bond acceptors (Lipinski definition) is 6. The quantitative estimate of drug-likeness (QED) is 0.223. The molecular formula is C29H31CoN3O4S. The van der Waals surface area contributed by atoms with Crippen molar-refractivity contribution in [2.45, 2.75) is 30.6 Å². The van der Waals surface area contributed by atoms with Crippen LogP contribution < -0.4 is 9.64 Å². The Labute approximate surface area is 234 Å². The maximum absolute atomic E-state index is 11.9. The number of methoxy groups -OCH3 is 1. The first-order valence-corrected chi connectivity index (χ1v) is 13.9. The molecule has 0 bridgehead atoms. The monoisotopic (exact) mass is 576 g/mol. The fraction of sp³-hybridized carbons (Fsp3) is 0.241. The molecule has 1 unspecified atom stereocenters. The molecule has 38 heavy (non-hydrogen) atoms. The van der Waals surface area contributed by atoms with Crippen LogP contribution in [0.3, 0.4) is 0 Å². The Kier molecular flexibility index (Phi) is 9.19. The Morgan fingerprint density at radius 2 is 1.76 bits per heavy atom. The maximum Gasteiger partial charge on any atom is 0.238 e. The summed E-state index contributed by atoms with van der Waals surface area (Å²) < 4.78 is 29.4. The molecule has 1 aliphatic rings. The van der Waals surface area contributed by atoms with Crippen LogP contribution in [0.25, 0.3) is 0 Å². The van der Waals surface area contributed by atoms with Crippen molar-refractivity contribution in [3.8, 4) is 5.75 Å². The van der Waals surface area contributed by atoms with Gasteiger partial charge in [-0.15, -0.1) is 5.10 Å². The normalized spacial score (nSPS) is 18.5. The molecular weight excluding hydrogens is 545 g/mol. The van der Waals surface area contributed by atoms with Crippen LogP contribution in [-0.4, -0.2) is 45.5 Å². The summed E-state index contributed by atoms with van der Waals surface area (Å²) in [5.41, 5.74) is 4.34. The van der Waals surface area contributed by atoms with Crippen molar-refractivity contribution in [2.24, 2.45) is 10.2 Å². The summed E-state index contributed by atoms with van der Waals surface area (Å²) in [5, 5.41) is 18.3. The van der Waals surface area contributed by atoms with E-state index >= 15 is 0 Å². The van der Waals surface area contributed by atoms with Crippen LogP contribution in [0.4, 0.5) is 5.69 Å². The summed E-state index contributed by atoms with van der Waals surface area (Å²) in [6.45, 7) is 4.99. The molecule has 0 saturated heterocycles. The van der Waals surface area contributed by atoms with E-state index in [2.05, 4.69) is 41.1 Å². The number of benzene rings is 3. The van der Waals surface area contributed by atoms with Gasteiger partial charge in [0.1, 0.15) is 5.75 Å². The molecule has 1 radical (unpaired) electrons. The van der Waals surface area contributed by atoms with Crippen LogP contribution in [0, 0.1) is 0 Å². The maximum atomic E-state index is 11.9. The fourth-order valence-corrected chi connectivity index (χ4v) is 5.42. The Balaban J connectivity index is 0.00000400. The number of likely N-dealkylation sites (N-methyl/N-ethyl adjacent to an activating group) is 1. The van der Waals surface area contributed by atoms with Crippen LogP contribution in [0.1, 0.15) is 30.5 Å². The molecule has 1 aliphatic heterocycles. The summed E-state index contributed by atoms with van der Waals surface area (Å²) in [4.78, 5) is 2.52. The number of anilines is 1. The zero-order valence-electron chi connectivity index (χ0n) is 21.8. The van der Waals surface area contributed by atoms with Crippen LogP contribution in [0.2, 0.25) is 0 Å². The second-order valence-corrected chi connectivity index (χ2v) is 11.2. The predicted octanol–water partition coefficient (Wildman–Crippen LogP) is 5.31. The first-order chi connectivity index (χ1) is 17.7. The third kappa shape index (κ3) is 6.01. The van der Waals surface area contributed by atoms with Crippen molar-refractivity contribution in [2.75, 3.05) is 24.8 Å². The van der Waals surface area contributed by atoms with Crippen molar-refractivity contribution in [3.05, 3.63) is 101 Å². The molecule has 7 nitrogen and oxygen atoms in total. The standard InChI is InChI=1S/C29H31N3O4S.Co/c1-5-32-26-16-13-23(36-3)19-25(26)29(2,20-21-11-14-24(15-12-21)37(4,34)35)27(32)17-18-30-31-28(33)22-9-7-6-8-10-22;/h6-19H,5,20H2,1-4H3,(H,31,33);/b27-17-,30-18+;. The average Bonchev–Trinajstić information content (AvgIpc) is 3.13. The molecule has 0 fully saturated rings. The molecule has 9 heteroatoms. The summed E-state index contributed by atoms with van der Waals surface area (Å²) in [7, 11) is -1.62. The molecule has 4 rings (SSSR count). The SMILES string of the molecule is CCN1\C(=C/C=N/N=C(\O)c2ccccc2)C(C)(Cc2ccc(S(C)(=O)=O)cc2)c2cc(OC)ccc21.[Co]. The second kappa shape index (κ2) is 12.0. The molecule has 0 saturated carbocycles. The zero-order chi connectivity index (χ0) is 26.6. The van der Waals surface area contributed by atoms with Gasteiger partial charge in [-0.1, -0.05) is 30.3 Å². The van der Waals surface area contributed by atoms with E-state index < -0.39 is 15.3 Å². The largest absolute Gasteiger partial charge is 0.497 e. The number of rotatable bonds is 8. The van der Waals surface area contributed by atoms with Crippen LogP contribution in [0.15, 0.2) is 99.7 Å². The van der Waals surface area contributed by atoms with Gasteiger partial charge in [0.05, 0.1) is 18.2 Å². The first-order valence-electron chi connectivity index (χ1n) is 12.0. The van der Waals surface area contributed by atoms with Gasteiger partial charge in [-0.2, -0.15) is 5.10 Å². The van der Waals surface area contributed by atoms with Crippen LogP contribution in [0.5, 0.6) is 5.75 Å². The van der Waals surface area contributed by atoms with E-state index in [4.69, 9.17) is 4.74 Å². The van der Waals surface area contributed by atoms with Gasteiger partial charge < -0.3 is 14.7 Å². The number of ether oxygens (including phenoxy) is 1. The number of allylic oxidation sites excluding steroid dienone is 2. The van der Waals surface area contributed by atoms with E-state index in [1.165, 1.54) is 6.26 Å². The number of hydrogen-bond donors (Lipinski definition) is 1. The second-order valence-electron chi connectivity index (χ2n) is 9.16. The first kappa shape index (κ1) is 29.2. The third-order valence-corrected chi connectivity index (χ3v) is 7.78. The van der Waals surface area contributed by atoms with Crippen molar-refractivity contribution in [1.29, 1.82) is 0 Å². The number of fused-ring (bicyclic) bond motifs is 1. The average molecular weight is 577 g/mol. The Bertz CT molecular complexity index is 1470. The number of aliphatic hydroxyl groups excluding tert-OH is 1. The third-order valence-electron chi connectivity index (χ3n) is 6.65. The van der Waals surface area contributed by atoms with E-state index in [1.807, 2.05) is 42.5 Å². The zero-order valence-corrected chi connectivity index (χ0v) is 23.6. The summed E-state index contributed by atoms with van der Waals surface area (Å²) in [6, 6.07) is 22.1. The molecule has 1 N–H and O–H groups in total. The van der Waals surface area contributed by atoms with E-state index in [0.717, 1.165) is 34.8 Å². The molecule has 0 aromatic heterocycles. The molecule has 201 valence electrons. The van der Waals surface area contributed by atoms with Crippen LogP contribution in [-0.2, 0) is 38.5 Å². The molecule has 3 aromatic carbocycles. The van der Waals surface area contributed by atoms with Crippen molar-refractivity contribution in [1.82, 2.24) is 0 Å². The minimum Gasteiger partial charge on any atom is -0.497 e. The molecule has 3 aromatic rings. The van der Waals surface area contributed by atoms with Gasteiger partial charge in [0.2, 0.25) is 5.90 Å². The van der Waals surface area contributed by atoms with Crippen molar-refractivity contribution >= 4 is 27.6 Å². The number of nitrogens with zero attached hydrogens (tertiary/aromatic N) is 3. The number of sulfone groups is 1. The Morgan fingerprint density at radius 1 is 1.08 bits per heavy atom. The minimum atomic E-state index is -3.27. The van der Waals surface area contributed by atoms with Gasteiger partial charge in [-0.05, 0) is 79.9 Å². The molecule has 0 aliphatic carbocycles. The Morgan fingerprint density at radius 3 is 2.37 bits per heavy atom.